The van der Waals surface area contributed by atoms with E-state index < -0.39 is 0 Å². The summed E-state index contributed by atoms with van der Waals surface area (Å²) in [7, 11) is 3.97. The molecule has 0 aromatic heterocycles. The van der Waals surface area contributed by atoms with Gasteiger partial charge in [0.05, 0.1) is 5.02 Å². The number of hydrogen-bond acceptors (Lipinski definition) is 4. The second kappa shape index (κ2) is 11.8. The van der Waals surface area contributed by atoms with Crippen LogP contribution in [0.2, 0.25) is 5.02 Å². The smallest absolute Gasteiger partial charge is 0.224 e. The van der Waals surface area contributed by atoms with Crippen molar-refractivity contribution in [2.75, 3.05) is 32.6 Å². The first-order valence-corrected chi connectivity index (χ1v) is 8.46. The van der Waals surface area contributed by atoms with Crippen LogP contribution in [-0.4, -0.2) is 44.1 Å². The van der Waals surface area contributed by atoms with Crippen LogP contribution in [0.25, 0.3) is 0 Å². The normalized spacial score (nSPS) is 19.1. The summed E-state index contributed by atoms with van der Waals surface area (Å²) in [6, 6.07) is 5.47. The number of rotatable bonds is 7. The van der Waals surface area contributed by atoms with Gasteiger partial charge in [0.2, 0.25) is 5.91 Å². The first-order chi connectivity index (χ1) is 11.0. The van der Waals surface area contributed by atoms with Crippen molar-refractivity contribution in [3.05, 3.63) is 23.2 Å². The van der Waals surface area contributed by atoms with E-state index in [-0.39, 0.29) is 36.8 Å². The third-order valence-corrected chi connectivity index (χ3v) is 4.47. The number of anilines is 1. The van der Waals surface area contributed by atoms with Gasteiger partial charge >= 0.3 is 0 Å². The quantitative estimate of drug-likeness (QED) is 0.718. The van der Waals surface area contributed by atoms with Gasteiger partial charge in [-0.05, 0) is 51.1 Å². The van der Waals surface area contributed by atoms with Crippen molar-refractivity contribution < 1.29 is 9.53 Å². The number of likely N-dealkylation sites (N-methyl/N-ethyl adjacent to an activating group) is 1. The zero-order valence-corrected chi connectivity index (χ0v) is 17.1. The minimum Gasteiger partial charge on any atom is -0.491 e. The maximum atomic E-state index is 12.1. The molecule has 1 fully saturated rings. The molecule has 144 valence electrons. The van der Waals surface area contributed by atoms with Gasteiger partial charge in [-0.15, -0.1) is 24.8 Å². The molecule has 1 aromatic carbocycles. The molecule has 2 atom stereocenters. The van der Waals surface area contributed by atoms with E-state index in [0.717, 1.165) is 25.8 Å². The molecule has 1 amide bonds. The molecular formula is C17H28Cl3N3O2. The van der Waals surface area contributed by atoms with E-state index in [2.05, 4.69) is 5.32 Å². The van der Waals surface area contributed by atoms with Crippen LogP contribution in [-0.2, 0) is 4.79 Å². The molecule has 0 bridgehead atoms. The van der Waals surface area contributed by atoms with E-state index in [0.29, 0.717) is 35.4 Å². The van der Waals surface area contributed by atoms with Gasteiger partial charge in [0.15, 0.2) is 0 Å². The topological polar surface area (TPSA) is 67.6 Å². The van der Waals surface area contributed by atoms with E-state index >= 15 is 0 Å². The number of nitrogens with two attached hydrogens (primary N) is 1. The summed E-state index contributed by atoms with van der Waals surface area (Å²) in [5.41, 5.74) is 6.70. The fourth-order valence-corrected chi connectivity index (χ4v) is 3.04. The maximum Gasteiger partial charge on any atom is 0.224 e. The van der Waals surface area contributed by atoms with Gasteiger partial charge in [-0.1, -0.05) is 18.0 Å². The number of nitrogens with zero attached hydrogens (tertiary/aromatic N) is 1. The predicted octanol–water partition coefficient (Wildman–Crippen LogP) is 3.58. The zero-order valence-electron chi connectivity index (χ0n) is 14.7. The van der Waals surface area contributed by atoms with Crippen molar-refractivity contribution in [3.8, 4) is 5.75 Å². The molecule has 2 rings (SSSR count). The van der Waals surface area contributed by atoms with E-state index in [1.807, 2.05) is 25.1 Å². The van der Waals surface area contributed by atoms with Crippen LogP contribution >= 0.6 is 36.4 Å². The Kier molecular flexibility index (Phi) is 11.5. The zero-order chi connectivity index (χ0) is 16.8. The van der Waals surface area contributed by atoms with Crippen molar-refractivity contribution in [1.29, 1.82) is 0 Å². The highest BCUT2D eigenvalue weighted by Gasteiger charge is 2.26. The molecule has 0 unspecified atom stereocenters. The molecule has 3 N–H and O–H groups in total. The summed E-state index contributed by atoms with van der Waals surface area (Å²) in [4.78, 5) is 14.1. The Bertz CT molecular complexity index is 544. The highest BCUT2D eigenvalue weighted by molar-refractivity contribution is 6.32. The molecule has 1 aliphatic carbocycles. The predicted molar refractivity (Wildman–Crippen MR) is 109 cm³/mol. The minimum absolute atomic E-state index is 0. The first kappa shape index (κ1) is 24.3. The van der Waals surface area contributed by atoms with Gasteiger partial charge in [0.1, 0.15) is 12.4 Å². The SMILES string of the molecule is CN(C)CCOc1ccc(NC(=O)C[C@@H]2CCC[C@H]2N)cc1Cl.Cl.Cl. The average molecular weight is 413 g/mol. The molecule has 0 spiro atoms. The number of ether oxygens (including phenoxy) is 1. The number of halogens is 3. The van der Waals surface area contributed by atoms with Crippen molar-refractivity contribution in [2.45, 2.75) is 31.7 Å². The fourth-order valence-electron chi connectivity index (χ4n) is 2.80. The number of benzene rings is 1. The standard InChI is InChI=1S/C17H26ClN3O2.2ClH/c1-21(2)8-9-23-16-7-6-13(11-14(16)18)20-17(22)10-12-4-3-5-15(12)19;;/h6-7,11-12,15H,3-5,8-10,19H2,1-2H3,(H,20,22);2*1H/t12-,15+;;/m0../s1. The van der Waals surface area contributed by atoms with Crippen LogP contribution in [0.15, 0.2) is 18.2 Å². The number of amides is 1. The minimum atomic E-state index is -0.00954. The molecule has 1 saturated carbocycles. The molecule has 0 saturated heterocycles. The molecule has 5 nitrogen and oxygen atoms in total. The molecule has 1 aliphatic rings. The average Bonchev–Trinajstić information content (AvgIpc) is 2.86. The van der Waals surface area contributed by atoms with Gasteiger partial charge in [0.25, 0.3) is 0 Å². The Labute approximate surface area is 167 Å². The first-order valence-electron chi connectivity index (χ1n) is 8.08. The molecule has 1 aromatic rings. The van der Waals surface area contributed by atoms with Gasteiger partial charge < -0.3 is 20.7 Å². The molecular weight excluding hydrogens is 385 g/mol. The van der Waals surface area contributed by atoms with Crippen molar-refractivity contribution in [3.63, 3.8) is 0 Å². The van der Waals surface area contributed by atoms with Crippen molar-refractivity contribution >= 4 is 48.0 Å². The maximum absolute atomic E-state index is 12.1. The number of nitrogens with one attached hydrogen (secondary N) is 1. The van der Waals surface area contributed by atoms with Crippen LogP contribution in [0.4, 0.5) is 5.69 Å². The number of carbonyl (C=O) groups is 1. The third-order valence-electron chi connectivity index (χ3n) is 4.18. The lowest BCUT2D eigenvalue weighted by Gasteiger charge is -2.15. The van der Waals surface area contributed by atoms with Crippen LogP contribution in [0, 0.1) is 5.92 Å². The summed E-state index contributed by atoms with van der Waals surface area (Å²) in [6.45, 7) is 1.38. The monoisotopic (exact) mass is 411 g/mol. The number of hydrogen-bond donors (Lipinski definition) is 2. The molecule has 0 heterocycles. The molecule has 0 radical (unpaired) electrons. The fraction of sp³-hybridized carbons (Fsp3) is 0.588. The highest BCUT2D eigenvalue weighted by atomic mass is 35.5. The molecule has 25 heavy (non-hydrogen) atoms. The van der Waals surface area contributed by atoms with Gasteiger partial charge in [-0.2, -0.15) is 0 Å². The van der Waals surface area contributed by atoms with E-state index in [1.165, 1.54) is 0 Å². The Morgan fingerprint density at radius 2 is 2.08 bits per heavy atom. The Morgan fingerprint density at radius 1 is 1.36 bits per heavy atom. The van der Waals surface area contributed by atoms with Crippen LogP contribution in [0.5, 0.6) is 5.75 Å². The van der Waals surface area contributed by atoms with E-state index in [1.54, 1.807) is 12.1 Å². The molecule has 8 heteroatoms. The Hall–Kier alpha value is -0.720. The van der Waals surface area contributed by atoms with Crippen molar-refractivity contribution in [1.82, 2.24) is 4.90 Å². The third kappa shape index (κ3) is 8.01. The number of carbonyl (C=O) groups excluding carboxylic acids is 1. The Morgan fingerprint density at radius 3 is 2.64 bits per heavy atom. The van der Waals surface area contributed by atoms with E-state index in [4.69, 9.17) is 22.1 Å². The second-order valence-corrected chi connectivity index (χ2v) is 6.81. The summed E-state index contributed by atoms with van der Waals surface area (Å²) in [5.74, 6) is 0.910. The van der Waals surface area contributed by atoms with Gasteiger partial charge in [-0.25, -0.2) is 0 Å². The second-order valence-electron chi connectivity index (χ2n) is 6.40. The molecule has 0 aliphatic heterocycles. The van der Waals surface area contributed by atoms with Gasteiger partial charge in [0, 0.05) is 24.7 Å². The summed E-state index contributed by atoms with van der Waals surface area (Å²) in [5, 5.41) is 3.39. The van der Waals surface area contributed by atoms with E-state index in [9.17, 15) is 4.79 Å². The largest absolute Gasteiger partial charge is 0.491 e. The van der Waals surface area contributed by atoms with Gasteiger partial charge in [-0.3, -0.25) is 4.79 Å². The van der Waals surface area contributed by atoms with Crippen molar-refractivity contribution in [2.24, 2.45) is 11.7 Å². The van der Waals surface area contributed by atoms with Crippen LogP contribution < -0.4 is 15.8 Å². The summed E-state index contributed by atoms with van der Waals surface area (Å²) >= 11 is 6.21. The highest BCUT2D eigenvalue weighted by Crippen LogP contribution is 2.29. The van der Waals surface area contributed by atoms with Crippen LogP contribution in [0.3, 0.4) is 0 Å². The lowest BCUT2D eigenvalue weighted by Crippen LogP contribution is -2.28. The van der Waals surface area contributed by atoms with Crippen LogP contribution in [0.1, 0.15) is 25.7 Å². The summed E-state index contributed by atoms with van der Waals surface area (Å²) < 4.78 is 5.63. The summed E-state index contributed by atoms with van der Waals surface area (Å²) in [6.07, 6.45) is 3.64. The Balaban J connectivity index is 0.00000288. The lowest BCUT2D eigenvalue weighted by molar-refractivity contribution is -0.117. The lowest BCUT2D eigenvalue weighted by atomic mass is 10.00.